The summed E-state index contributed by atoms with van der Waals surface area (Å²) in [4.78, 5) is 4.54. The van der Waals surface area contributed by atoms with Gasteiger partial charge in [-0.1, -0.05) is 51.2 Å². The van der Waals surface area contributed by atoms with Crippen molar-refractivity contribution >= 4 is 0 Å². The van der Waals surface area contributed by atoms with E-state index in [2.05, 4.69) is 53.7 Å². The molecule has 0 aliphatic heterocycles. The summed E-state index contributed by atoms with van der Waals surface area (Å²) in [5.41, 5.74) is 4.95. The van der Waals surface area contributed by atoms with Crippen LogP contribution in [-0.4, -0.2) is 9.55 Å². The maximum Gasteiger partial charge on any atom is 0.0602 e. The van der Waals surface area contributed by atoms with Crippen LogP contribution in [0.1, 0.15) is 56.6 Å². The molecule has 3 aromatic rings. The number of hydrogen-bond donors (Lipinski definition) is 0. The number of imidazole rings is 1. The molecule has 0 bridgehead atoms. The Morgan fingerprint density at radius 3 is 2.56 bits per heavy atom. The Morgan fingerprint density at radius 2 is 1.81 bits per heavy atom. The molecule has 1 radical (unpaired) electrons. The van der Waals surface area contributed by atoms with Crippen LogP contribution < -0.4 is 0 Å². The molecular formula is C24H29IrN2-. The van der Waals surface area contributed by atoms with Crippen LogP contribution in [0.4, 0.5) is 0 Å². The van der Waals surface area contributed by atoms with Gasteiger partial charge >= 0.3 is 0 Å². The first kappa shape index (κ1) is 21.6. The van der Waals surface area contributed by atoms with E-state index < -0.39 is 0 Å². The van der Waals surface area contributed by atoms with Gasteiger partial charge in [0.15, 0.2) is 0 Å². The normalized spacial score (nSPS) is 10.6. The zero-order valence-corrected chi connectivity index (χ0v) is 18.8. The average Bonchev–Trinajstić information content (AvgIpc) is 3.15. The fourth-order valence-corrected chi connectivity index (χ4v) is 3.48. The van der Waals surface area contributed by atoms with Gasteiger partial charge in [0.2, 0.25) is 0 Å². The zero-order valence-electron chi connectivity index (χ0n) is 16.4. The van der Waals surface area contributed by atoms with E-state index in [0.717, 1.165) is 11.4 Å². The largest absolute Gasteiger partial charge is 0.340 e. The van der Waals surface area contributed by atoms with Gasteiger partial charge in [-0.25, -0.2) is 0 Å². The number of benzene rings is 2. The maximum atomic E-state index is 4.54. The van der Waals surface area contributed by atoms with Crippen LogP contribution in [0.15, 0.2) is 54.9 Å². The minimum atomic E-state index is 0. The molecule has 0 unspecified atom stereocenters. The summed E-state index contributed by atoms with van der Waals surface area (Å²) in [5.74, 6) is 0.942. The Balaban J connectivity index is 0.00000261. The Bertz CT molecular complexity index is 808. The van der Waals surface area contributed by atoms with Gasteiger partial charge in [0.1, 0.15) is 0 Å². The molecule has 27 heavy (non-hydrogen) atoms. The molecule has 145 valence electrons. The van der Waals surface area contributed by atoms with Crippen molar-refractivity contribution in [1.82, 2.24) is 9.55 Å². The summed E-state index contributed by atoms with van der Waals surface area (Å²) in [6.07, 6.45) is 13.2. The molecule has 0 spiro atoms. The van der Waals surface area contributed by atoms with Crippen LogP contribution in [0.3, 0.4) is 0 Å². The number of hydrogen-bond acceptors (Lipinski definition) is 1. The monoisotopic (exact) mass is 538 g/mol. The molecule has 0 atom stereocenters. The first-order valence-electron chi connectivity index (χ1n) is 9.90. The Hall–Kier alpha value is -1.70. The van der Waals surface area contributed by atoms with Gasteiger partial charge in [-0.2, -0.15) is 0 Å². The van der Waals surface area contributed by atoms with Crippen LogP contribution in [0.5, 0.6) is 0 Å². The van der Waals surface area contributed by atoms with Gasteiger partial charge in [-0.15, -0.1) is 35.9 Å². The van der Waals surface area contributed by atoms with Gasteiger partial charge in [-0.05, 0) is 37.0 Å². The van der Waals surface area contributed by atoms with E-state index in [4.69, 9.17) is 0 Å². The standard InChI is InChI=1S/C24H29N2.Ir/c1-3-4-5-6-7-9-12-21-15-16-23(20(2)19-21)26-18-17-25-24(26)22-13-10-8-11-14-22;/h8,10-11,13,15-19H,3-7,9,12H2,1-2H3;/q-1;. The van der Waals surface area contributed by atoms with Crippen LogP contribution >= 0.6 is 0 Å². The third-order valence-corrected chi connectivity index (χ3v) is 4.93. The first-order valence-corrected chi connectivity index (χ1v) is 9.90. The summed E-state index contributed by atoms with van der Waals surface area (Å²) < 4.78 is 2.16. The maximum absolute atomic E-state index is 4.54. The third kappa shape index (κ3) is 5.89. The summed E-state index contributed by atoms with van der Waals surface area (Å²) in [6, 6.07) is 18.1. The molecule has 3 rings (SSSR count). The minimum Gasteiger partial charge on any atom is -0.340 e. The second-order valence-electron chi connectivity index (χ2n) is 7.04. The Kier molecular flexibility index (Phi) is 8.97. The summed E-state index contributed by atoms with van der Waals surface area (Å²) >= 11 is 0. The topological polar surface area (TPSA) is 17.8 Å². The SMILES string of the molecule is CCCCCCCCc1ccc(-n2ccnc2-c2[c-]cccc2)c(C)c1.[Ir]. The van der Waals surface area contributed by atoms with Crippen molar-refractivity contribution in [3.05, 3.63) is 72.1 Å². The van der Waals surface area contributed by atoms with Gasteiger partial charge in [0, 0.05) is 38.2 Å². The summed E-state index contributed by atoms with van der Waals surface area (Å²) in [7, 11) is 0. The van der Waals surface area contributed by atoms with Crippen LogP contribution in [-0.2, 0) is 26.5 Å². The smallest absolute Gasteiger partial charge is 0.0602 e. The van der Waals surface area contributed by atoms with E-state index in [0.29, 0.717) is 0 Å². The van der Waals surface area contributed by atoms with E-state index in [9.17, 15) is 0 Å². The fourth-order valence-electron chi connectivity index (χ4n) is 3.48. The van der Waals surface area contributed by atoms with Crippen molar-refractivity contribution in [1.29, 1.82) is 0 Å². The van der Waals surface area contributed by atoms with Crippen molar-refractivity contribution in [2.45, 2.75) is 58.8 Å². The quantitative estimate of drug-likeness (QED) is 0.224. The molecule has 1 aromatic heterocycles. The molecule has 0 fully saturated rings. The minimum absolute atomic E-state index is 0. The molecule has 0 aliphatic rings. The average molecular weight is 538 g/mol. The van der Waals surface area contributed by atoms with Gasteiger partial charge < -0.3 is 4.57 Å². The molecule has 2 aromatic carbocycles. The van der Waals surface area contributed by atoms with Gasteiger partial charge in [0.05, 0.1) is 5.82 Å². The van der Waals surface area contributed by atoms with Crippen molar-refractivity contribution < 1.29 is 20.1 Å². The van der Waals surface area contributed by atoms with Crippen LogP contribution in [0.25, 0.3) is 17.1 Å². The molecule has 0 saturated heterocycles. The molecule has 1 heterocycles. The number of aryl methyl sites for hydroxylation is 2. The van der Waals surface area contributed by atoms with E-state index in [1.54, 1.807) is 0 Å². The molecule has 2 nitrogen and oxygen atoms in total. The third-order valence-electron chi connectivity index (χ3n) is 4.93. The zero-order chi connectivity index (χ0) is 18.2. The Labute approximate surface area is 177 Å². The summed E-state index contributed by atoms with van der Waals surface area (Å²) in [6.45, 7) is 4.46. The van der Waals surface area contributed by atoms with Crippen molar-refractivity contribution in [2.24, 2.45) is 0 Å². The molecule has 3 heteroatoms. The number of nitrogens with zero attached hydrogens (tertiary/aromatic N) is 2. The predicted molar refractivity (Wildman–Crippen MR) is 110 cm³/mol. The van der Waals surface area contributed by atoms with Crippen LogP contribution in [0.2, 0.25) is 0 Å². The Morgan fingerprint density at radius 1 is 1.00 bits per heavy atom. The van der Waals surface area contributed by atoms with Crippen molar-refractivity contribution in [3.63, 3.8) is 0 Å². The second-order valence-corrected chi connectivity index (χ2v) is 7.04. The molecule has 0 N–H and O–H groups in total. The number of unbranched alkanes of at least 4 members (excludes halogenated alkanes) is 5. The molecular weight excluding hydrogens is 508 g/mol. The van der Waals surface area contributed by atoms with Gasteiger partial charge in [0.25, 0.3) is 0 Å². The van der Waals surface area contributed by atoms with E-state index in [1.165, 1.54) is 61.8 Å². The van der Waals surface area contributed by atoms with E-state index >= 15 is 0 Å². The second kappa shape index (κ2) is 11.2. The number of aromatic nitrogens is 2. The number of rotatable bonds is 9. The van der Waals surface area contributed by atoms with Gasteiger partial charge in [-0.3, -0.25) is 4.98 Å². The summed E-state index contributed by atoms with van der Waals surface area (Å²) in [5, 5.41) is 0. The molecule has 0 aliphatic carbocycles. The van der Waals surface area contributed by atoms with Crippen molar-refractivity contribution in [2.75, 3.05) is 0 Å². The molecule has 0 saturated carbocycles. The molecule has 0 amide bonds. The fraction of sp³-hybridized carbons (Fsp3) is 0.375. The van der Waals surface area contributed by atoms with Crippen LogP contribution in [0, 0.1) is 13.0 Å². The predicted octanol–water partition coefficient (Wildman–Crippen LogP) is 6.55. The van der Waals surface area contributed by atoms with E-state index in [-0.39, 0.29) is 20.1 Å². The van der Waals surface area contributed by atoms with E-state index in [1.807, 2.05) is 30.6 Å². The van der Waals surface area contributed by atoms with Crippen molar-refractivity contribution in [3.8, 4) is 17.1 Å². The first-order chi connectivity index (χ1) is 12.8.